The van der Waals surface area contributed by atoms with Crippen molar-refractivity contribution in [2.45, 2.75) is 90.3 Å². The standard InChI is InChI=1S/C34H42O4/c1-3-5-7-21-9-13-23(14-10-21)33(35)37-31-27-20-28(30-26-18-17-25(19-26)29(27)30)32(31)38-34(36)24-15-11-22(12-16-24)8-6-4-2/h9-16,25-32H,3-8,17-20H2,1-2H3. The van der Waals surface area contributed by atoms with Crippen molar-refractivity contribution in [3.63, 3.8) is 0 Å². The molecule has 6 rings (SSSR count). The molecule has 2 aromatic carbocycles. The van der Waals surface area contributed by atoms with E-state index in [1.165, 1.54) is 30.4 Å². The molecule has 0 spiro atoms. The van der Waals surface area contributed by atoms with E-state index in [9.17, 15) is 9.59 Å². The Hall–Kier alpha value is -2.62. The molecule has 0 aliphatic heterocycles. The lowest BCUT2D eigenvalue weighted by Crippen LogP contribution is -2.48. The van der Waals surface area contributed by atoms with Crippen LogP contribution in [0.15, 0.2) is 48.5 Å². The van der Waals surface area contributed by atoms with E-state index in [0.717, 1.165) is 56.8 Å². The molecule has 0 amide bonds. The van der Waals surface area contributed by atoms with Gasteiger partial charge in [-0.25, -0.2) is 9.59 Å². The average molecular weight is 515 g/mol. The van der Waals surface area contributed by atoms with Crippen LogP contribution in [0.4, 0.5) is 0 Å². The average Bonchev–Trinajstić information content (AvgIpc) is 3.72. The summed E-state index contributed by atoms with van der Waals surface area (Å²) in [6, 6.07) is 15.7. The lowest BCUT2D eigenvalue weighted by atomic mass is 9.69. The van der Waals surface area contributed by atoms with Gasteiger partial charge in [0.1, 0.15) is 12.2 Å². The van der Waals surface area contributed by atoms with Crippen LogP contribution in [0.1, 0.15) is 97.1 Å². The Labute approximate surface area is 227 Å². The molecular weight excluding hydrogens is 472 g/mol. The minimum atomic E-state index is -0.347. The number of carbonyl (C=O) groups excluding carboxylic acids is 2. The number of esters is 2. The van der Waals surface area contributed by atoms with Gasteiger partial charge in [0, 0.05) is 11.8 Å². The van der Waals surface area contributed by atoms with Crippen molar-refractivity contribution < 1.29 is 19.1 Å². The predicted octanol–water partition coefficient (Wildman–Crippen LogP) is 7.43. The van der Waals surface area contributed by atoms with Crippen molar-refractivity contribution in [2.24, 2.45) is 35.5 Å². The summed E-state index contributed by atoms with van der Waals surface area (Å²) in [4.78, 5) is 26.6. The Balaban J connectivity index is 1.19. The predicted molar refractivity (Wildman–Crippen MR) is 148 cm³/mol. The molecule has 4 saturated carbocycles. The molecule has 4 aliphatic carbocycles. The van der Waals surface area contributed by atoms with Gasteiger partial charge in [-0.2, -0.15) is 0 Å². The minimum absolute atomic E-state index is 0.286. The van der Waals surface area contributed by atoms with E-state index < -0.39 is 0 Å². The first-order valence-corrected chi connectivity index (χ1v) is 15.2. The zero-order valence-electron chi connectivity index (χ0n) is 22.9. The van der Waals surface area contributed by atoms with Crippen LogP contribution in [0.5, 0.6) is 0 Å². The van der Waals surface area contributed by atoms with Gasteiger partial charge in [0.25, 0.3) is 0 Å². The number of carbonyl (C=O) groups is 2. The molecule has 4 nitrogen and oxygen atoms in total. The van der Waals surface area contributed by atoms with Gasteiger partial charge < -0.3 is 9.47 Å². The molecule has 0 aromatic heterocycles. The number of unbranched alkanes of at least 4 members (excludes halogenated alkanes) is 2. The molecule has 0 N–H and O–H groups in total. The van der Waals surface area contributed by atoms with Crippen LogP contribution in [0.3, 0.4) is 0 Å². The van der Waals surface area contributed by atoms with E-state index in [0.29, 0.717) is 34.8 Å². The highest BCUT2D eigenvalue weighted by Gasteiger charge is 2.68. The number of aryl methyl sites for hydroxylation is 2. The highest BCUT2D eigenvalue weighted by molar-refractivity contribution is 5.90. The van der Waals surface area contributed by atoms with Gasteiger partial charge in [-0.3, -0.25) is 0 Å². The normalized spacial score (nSPS) is 32.4. The van der Waals surface area contributed by atoms with Crippen molar-refractivity contribution >= 4 is 11.9 Å². The Kier molecular flexibility index (Phi) is 7.33. The second kappa shape index (κ2) is 10.9. The molecule has 4 heteroatoms. The van der Waals surface area contributed by atoms with Crippen molar-refractivity contribution in [1.29, 1.82) is 0 Å². The summed E-state index contributed by atoms with van der Waals surface area (Å²) in [6.07, 6.45) is 10.9. The molecule has 4 aliphatic rings. The maximum absolute atomic E-state index is 13.3. The Bertz CT molecular complexity index is 1050. The van der Waals surface area contributed by atoms with E-state index in [1.54, 1.807) is 0 Å². The summed E-state index contributed by atoms with van der Waals surface area (Å²) in [5, 5.41) is 0. The summed E-state index contributed by atoms with van der Waals surface area (Å²) < 4.78 is 12.5. The first kappa shape index (κ1) is 25.6. The van der Waals surface area contributed by atoms with E-state index in [2.05, 4.69) is 13.8 Å². The second-order valence-corrected chi connectivity index (χ2v) is 12.4. The number of benzene rings is 2. The fourth-order valence-corrected chi connectivity index (χ4v) is 8.54. The zero-order valence-corrected chi connectivity index (χ0v) is 22.9. The van der Waals surface area contributed by atoms with E-state index >= 15 is 0 Å². The summed E-state index contributed by atoms with van der Waals surface area (Å²) in [5.74, 6) is 2.81. The minimum Gasteiger partial charge on any atom is -0.455 e. The SMILES string of the molecule is CCCCc1ccc(C(=O)OC2C3CC(C2OC(=O)c2ccc(CCCC)cc2)C2C4CCC(C4)C32)cc1. The highest BCUT2D eigenvalue weighted by Crippen LogP contribution is 2.68. The molecular formula is C34H42O4. The van der Waals surface area contributed by atoms with E-state index in [4.69, 9.17) is 9.47 Å². The molecule has 0 heterocycles. The fraction of sp³-hybridized carbons (Fsp3) is 0.588. The summed E-state index contributed by atoms with van der Waals surface area (Å²) in [7, 11) is 0. The number of ether oxygens (including phenoxy) is 2. The van der Waals surface area contributed by atoms with Gasteiger partial charge in [-0.1, -0.05) is 51.0 Å². The Morgan fingerprint density at radius 1 is 0.658 bits per heavy atom. The van der Waals surface area contributed by atoms with E-state index in [-0.39, 0.29) is 24.1 Å². The highest BCUT2D eigenvalue weighted by atomic mass is 16.6. The van der Waals surface area contributed by atoms with Crippen LogP contribution in [0, 0.1) is 35.5 Å². The monoisotopic (exact) mass is 514 g/mol. The molecule has 38 heavy (non-hydrogen) atoms. The lowest BCUT2D eigenvalue weighted by molar-refractivity contribution is -0.0891. The molecule has 4 bridgehead atoms. The van der Waals surface area contributed by atoms with Crippen LogP contribution in [-0.4, -0.2) is 24.1 Å². The Morgan fingerprint density at radius 2 is 1.08 bits per heavy atom. The number of rotatable bonds is 10. The molecule has 0 saturated heterocycles. The lowest BCUT2D eigenvalue weighted by Gasteiger charge is -2.42. The molecule has 8 unspecified atom stereocenters. The third-order valence-corrected chi connectivity index (χ3v) is 10.3. The Morgan fingerprint density at radius 3 is 1.47 bits per heavy atom. The maximum Gasteiger partial charge on any atom is 0.338 e. The fourth-order valence-electron chi connectivity index (χ4n) is 8.54. The first-order valence-electron chi connectivity index (χ1n) is 15.2. The van der Waals surface area contributed by atoms with Gasteiger partial charge in [0.2, 0.25) is 0 Å². The van der Waals surface area contributed by atoms with Gasteiger partial charge >= 0.3 is 11.9 Å². The van der Waals surface area contributed by atoms with Gasteiger partial charge in [0.15, 0.2) is 0 Å². The smallest absolute Gasteiger partial charge is 0.338 e. The van der Waals surface area contributed by atoms with Crippen molar-refractivity contribution in [1.82, 2.24) is 0 Å². The largest absolute Gasteiger partial charge is 0.455 e. The van der Waals surface area contributed by atoms with Crippen LogP contribution < -0.4 is 0 Å². The number of hydrogen-bond acceptors (Lipinski definition) is 4. The van der Waals surface area contributed by atoms with Crippen molar-refractivity contribution in [3.8, 4) is 0 Å². The quantitative estimate of drug-likeness (QED) is 0.244. The molecule has 2 aromatic rings. The number of fused-ring (bicyclic) bond motifs is 9. The first-order chi connectivity index (χ1) is 18.6. The van der Waals surface area contributed by atoms with Crippen LogP contribution >= 0.6 is 0 Å². The second-order valence-electron chi connectivity index (χ2n) is 12.4. The van der Waals surface area contributed by atoms with Crippen LogP contribution in [0.2, 0.25) is 0 Å². The van der Waals surface area contributed by atoms with Crippen LogP contribution in [-0.2, 0) is 22.3 Å². The summed E-state index contributed by atoms with van der Waals surface area (Å²) in [5.41, 5.74) is 3.68. The third-order valence-electron chi connectivity index (χ3n) is 10.3. The molecule has 202 valence electrons. The summed E-state index contributed by atoms with van der Waals surface area (Å²) in [6.45, 7) is 4.38. The van der Waals surface area contributed by atoms with Crippen LogP contribution in [0.25, 0.3) is 0 Å². The van der Waals surface area contributed by atoms with Crippen molar-refractivity contribution in [3.05, 3.63) is 70.8 Å². The van der Waals surface area contributed by atoms with Crippen molar-refractivity contribution in [2.75, 3.05) is 0 Å². The topological polar surface area (TPSA) is 52.6 Å². The van der Waals surface area contributed by atoms with Gasteiger partial charge in [-0.15, -0.1) is 0 Å². The zero-order chi connectivity index (χ0) is 26.2. The van der Waals surface area contributed by atoms with Gasteiger partial charge in [0.05, 0.1) is 11.1 Å². The van der Waals surface area contributed by atoms with E-state index in [1.807, 2.05) is 48.5 Å². The summed E-state index contributed by atoms with van der Waals surface area (Å²) >= 11 is 0. The molecule has 8 atom stereocenters. The maximum atomic E-state index is 13.3. The third kappa shape index (κ3) is 4.69. The van der Waals surface area contributed by atoms with Gasteiger partial charge in [-0.05, 0) is 110 Å². The molecule has 0 radical (unpaired) electrons. The number of hydrogen-bond donors (Lipinski definition) is 0. The molecule has 4 fully saturated rings.